The highest BCUT2D eigenvalue weighted by molar-refractivity contribution is 6.35. The Bertz CT molecular complexity index is 820. The lowest BCUT2D eigenvalue weighted by molar-refractivity contribution is -0.139. The van der Waals surface area contributed by atoms with E-state index in [-0.39, 0.29) is 13.1 Å². The molecule has 27 heavy (non-hydrogen) atoms. The summed E-state index contributed by atoms with van der Waals surface area (Å²) < 4.78 is 10.5. The number of ether oxygens (including phenoxy) is 2. The van der Waals surface area contributed by atoms with Gasteiger partial charge in [0.1, 0.15) is 11.5 Å². The van der Waals surface area contributed by atoms with E-state index in [1.165, 1.54) is 0 Å². The summed E-state index contributed by atoms with van der Waals surface area (Å²) in [5.74, 6) is 0.00949. The van der Waals surface area contributed by atoms with Gasteiger partial charge in [-0.2, -0.15) is 0 Å². The molecule has 0 bridgehead atoms. The fourth-order valence-corrected chi connectivity index (χ4v) is 2.81. The molecule has 1 atom stereocenters. The molecule has 1 aliphatic heterocycles. The second-order valence-corrected chi connectivity index (χ2v) is 6.22. The zero-order chi connectivity index (χ0) is 19.2. The highest BCUT2D eigenvalue weighted by atomic mass is 16.5. The summed E-state index contributed by atoms with van der Waals surface area (Å²) in [5.41, 5.74) is 2.56. The molecule has 7 heteroatoms. The van der Waals surface area contributed by atoms with Crippen molar-refractivity contribution >= 4 is 11.8 Å². The van der Waals surface area contributed by atoms with Crippen LogP contribution in [0.15, 0.2) is 42.5 Å². The Kier molecular flexibility index (Phi) is 5.93. The van der Waals surface area contributed by atoms with E-state index in [0.29, 0.717) is 12.2 Å². The molecule has 0 saturated heterocycles. The van der Waals surface area contributed by atoms with E-state index in [4.69, 9.17) is 9.47 Å². The van der Waals surface area contributed by atoms with E-state index >= 15 is 0 Å². The van der Waals surface area contributed by atoms with Crippen molar-refractivity contribution in [1.29, 1.82) is 0 Å². The van der Waals surface area contributed by atoms with Gasteiger partial charge in [0.15, 0.2) is 0 Å². The first-order valence-electron chi connectivity index (χ1n) is 8.69. The van der Waals surface area contributed by atoms with Crippen LogP contribution in [-0.2, 0) is 22.6 Å². The van der Waals surface area contributed by atoms with Gasteiger partial charge in [0, 0.05) is 19.5 Å². The van der Waals surface area contributed by atoms with Gasteiger partial charge in [-0.05, 0) is 41.0 Å². The third-order valence-electron chi connectivity index (χ3n) is 4.37. The van der Waals surface area contributed by atoms with Crippen LogP contribution in [0.3, 0.4) is 0 Å². The van der Waals surface area contributed by atoms with E-state index in [2.05, 4.69) is 10.6 Å². The van der Waals surface area contributed by atoms with E-state index in [1.807, 2.05) is 12.1 Å². The van der Waals surface area contributed by atoms with Gasteiger partial charge in [0.25, 0.3) is 0 Å². The second-order valence-electron chi connectivity index (χ2n) is 6.22. The average Bonchev–Trinajstić information content (AvgIpc) is 3.18. The van der Waals surface area contributed by atoms with Gasteiger partial charge in [-0.15, -0.1) is 0 Å². The number of aliphatic hydroxyl groups is 1. The number of nitrogens with one attached hydrogen (secondary N) is 2. The summed E-state index contributed by atoms with van der Waals surface area (Å²) in [7, 11) is 1.58. The third-order valence-corrected chi connectivity index (χ3v) is 4.37. The van der Waals surface area contributed by atoms with Crippen molar-refractivity contribution in [3.63, 3.8) is 0 Å². The van der Waals surface area contributed by atoms with Gasteiger partial charge in [-0.3, -0.25) is 9.59 Å². The van der Waals surface area contributed by atoms with Crippen LogP contribution in [0.4, 0.5) is 0 Å². The monoisotopic (exact) mass is 370 g/mol. The molecule has 0 spiro atoms. The minimum atomic E-state index is -0.894. The predicted octanol–water partition coefficient (Wildman–Crippen LogP) is 1.10. The number of methoxy groups -OCH3 is 1. The normalized spacial score (nSPS) is 13.3. The summed E-state index contributed by atoms with van der Waals surface area (Å²) in [6.07, 6.45) is -0.0926. The van der Waals surface area contributed by atoms with Crippen LogP contribution in [-0.4, -0.2) is 37.2 Å². The lowest BCUT2D eigenvalue weighted by Gasteiger charge is -2.13. The van der Waals surface area contributed by atoms with Gasteiger partial charge < -0.3 is 25.2 Å². The molecule has 2 aromatic rings. The SMILES string of the molecule is COc1ccc(CNC(=O)C(=O)NCC(O)c2ccc3c(c2)CCO3)cc1. The van der Waals surface area contributed by atoms with Crippen LogP contribution in [0, 0.1) is 0 Å². The van der Waals surface area contributed by atoms with E-state index < -0.39 is 17.9 Å². The van der Waals surface area contributed by atoms with E-state index in [0.717, 1.165) is 29.0 Å². The standard InChI is InChI=1S/C20H22N2O5/c1-26-16-5-2-13(3-6-16)11-21-19(24)20(25)22-12-17(23)14-4-7-18-15(10-14)8-9-27-18/h2-7,10,17,23H,8-9,11-12H2,1H3,(H,21,24)(H,22,25). The molecule has 2 amide bonds. The number of carbonyl (C=O) groups is 2. The smallest absolute Gasteiger partial charge is 0.309 e. The molecular weight excluding hydrogens is 348 g/mol. The molecule has 3 N–H and O–H groups in total. The molecule has 1 heterocycles. The van der Waals surface area contributed by atoms with Crippen LogP contribution in [0.25, 0.3) is 0 Å². The number of amides is 2. The van der Waals surface area contributed by atoms with E-state index in [1.54, 1.807) is 37.4 Å². The molecule has 1 unspecified atom stereocenters. The zero-order valence-electron chi connectivity index (χ0n) is 15.0. The summed E-state index contributed by atoms with van der Waals surface area (Å²) in [5, 5.41) is 15.2. The number of hydrogen-bond donors (Lipinski definition) is 3. The Morgan fingerprint density at radius 2 is 1.89 bits per heavy atom. The van der Waals surface area contributed by atoms with Crippen LogP contribution < -0.4 is 20.1 Å². The Labute approximate surface area is 157 Å². The molecule has 0 fully saturated rings. The minimum absolute atomic E-state index is 0.0472. The van der Waals surface area contributed by atoms with Crippen molar-refractivity contribution < 1.29 is 24.2 Å². The number of fused-ring (bicyclic) bond motifs is 1. The number of carbonyl (C=O) groups excluding carboxylic acids is 2. The molecule has 2 aromatic carbocycles. The molecule has 0 radical (unpaired) electrons. The van der Waals surface area contributed by atoms with Crippen molar-refractivity contribution in [2.45, 2.75) is 19.1 Å². The first-order valence-corrected chi connectivity index (χ1v) is 8.69. The largest absolute Gasteiger partial charge is 0.497 e. The fourth-order valence-electron chi connectivity index (χ4n) is 2.81. The first-order chi connectivity index (χ1) is 13.1. The minimum Gasteiger partial charge on any atom is -0.497 e. The molecule has 0 aromatic heterocycles. The van der Waals surface area contributed by atoms with Gasteiger partial charge in [0.2, 0.25) is 0 Å². The van der Waals surface area contributed by atoms with Gasteiger partial charge >= 0.3 is 11.8 Å². The highest BCUT2D eigenvalue weighted by Gasteiger charge is 2.18. The van der Waals surface area contributed by atoms with Crippen LogP contribution in [0.1, 0.15) is 22.8 Å². The molecule has 1 aliphatic rings. The van der Waals surface area contributed by atoms with Crippen molar-refractivity contribution in [1.82, 2.24) is 10.6 Å². The maximum Gasteiger partial charge on any atom is 0.309 e. The fraction of sp³-hybridized carbons (Fsp3) is 0.300. The Hall–Kier alpha value is -3.06. The lowest BCUT2D eigenvalue weighted by atomic mass is 10.0. The summed E-state index contributed by atoms with van der Waals surface area (Å²) in [6.45, 7) is 0.818. The predicted molar refractivity (Wildman–Crippen MR) is 98.5 cm³/mol. The van der Waals surface area contributed by atoms with Crippen molar-refractivity contribution in [2.75, 3.05) is 20.3 Å². The molecule has 142 valence electrons. The lowest BCUT2D eigenvalue weighted by Crippen LogP contribution is -2.41. The number of aliphatic hydroxyl groups excluding tert-OH is 1. The maximum absolute atomic E-state index is 11.9. The Morgan fingerprint density at radius 3 is 2.63 bits per heavy atom. The number of benzene rings is 2. The maximum atomic E-state index is 11.9. The van der Waals surface area contributed by atoms with Crippen LogP contribution in [0.5, 0.6) is 11.5 Å². The summed E-state index contributed by atoms with van der Waals surface area (Å²) in [6, 6.07) is 12.6. The second kappa shape index (κ2) is 8.55. The molecule has 3 rings (SSSR count). The van der Waals surface area contributed by atoms with Crippen molar-refractivity contribution in [3.05, 3.63) is 59.2 Å². The third kappa shape index (κ3) is 4.77. The van der Waals surface area contributed by atoms with Gasteiger partial charge in [-0.1, -0.05) is 18.2 Å². The Balaban J connectivity index is 1.45. The first kappa shape index (κ1) is 18.7. The average molecular weight is 370 g/mol. The summed E-state index contributed by atoms with van der Waals surface area (Å²) >= 11 is 0. The molecule has 0 saturated carbocycles. The van der Waals surface area contributed by atoms with Crippen molar-refractivity contribution in [3.8, 4) is 11.5 Å². The van der Waals surface area contributed by atoms with Crippen LogP contribution in [0.2, 0.25) is 0 Å². The van der Waals surface area contributed by atoms with Gasteiger partial charge in [0.05, 0.1) is 19.8 Å². The molecular formula is C20H22N2O5. The number of hydrogen-bond acceptors (Lipinski definition) is 5. The summed E-state index contributed by atoms with van der Waals surface area (Å²) in [4.78, 5) is 23.8. The highest BCUT2D eigenvalue weighted by Crippen LogP contribution is 2.27. The van der Waals surface area contributed by atoms with E-state index in [9.17, 15) is 14.7 Å². The zero-order valence-corrected chi connectivity index (χ0v) is 15.0. The molecule has 7 nitrogen and oxygen atoms in total. The number of rotatable bonds is 6. The molecule has 0 aliphatic carbocycles. The van der Waals surface area contributed by atoms with Gasteiger partial charge in [-0.25, -0.2) is 0 Å². The quantitative estimate of drug-likeness (QED) is 0.662. The Morgan fingerprint density at radius 1 is 1.15 bits per heavy atom. The topological polar surface area (TPSA) is 96.9 Å². The van der Waals surface area contributed by atoms with Crippen LogP contribution >= 0.6 is 0 Å². The van der Waals surface area contributed by atoms with Crippen molar-refractivity contribution in [2.24, 2.45) is 0 Å².